The van der Waals surface area contributed by atoms with Gasteiger partial charge in [0.15, 0.2) is 0 Å². The number of hydrogen-bond acceptors (Lipinski definition) is 3. The first kappa shape index (κ1) is 11.5. The van der Waals surface area contributed by atoms with Crippen LogP contribution in [0.1, 0.15) is 0 Å². The van der Waals surface area contributed by atoms with Gasteiger partial charge < -0.3 is 14.6 Å². The van der Waals surface area contributed by atoms with Gasteiger partial charge in [0.1, 0.15) is 18.5 Å². The van der Waals surface area contributed by atoms with E-state index in [2.05, 4.69) is 15.9 Å². The van der Waals surface area contributed by atoms with Gasteiger partial charge in [-0.15, -0.1) is 0 Å². The van der Waals surface area contributed by atoms with Gasteiger partial charge in [-0.1, -0.05) is 15.9 Å². The van der Waals surface area contributed by atoms with Crippen molar-refractivity contribution in [2.45, 2.75) is 6.10 Å². The van der Waals surface area contributed by atoms with E-state index < -0.39 is 6.10 Å². The highest BCUT2D eigenvalue weighted by atomic mass is 79.9. The molecule has 1 unspecified atom stereocenters. The Hall–Kier alpha value is -0.580. The summed E-state index contributed by atoms with van der Waals surface area (Å²) < 4.78 is 11.1. The molecule has 0 spiro atoms. The number of hydrogen-bond donors (Lipinski definition) is 1. The maximum Gasteiger partial charge on any atom is 0.119 e. The average Bonchev–Trinajstić information content (AvgIpc) is 2.17. The van der Waals surface area contributed by atoms with Crippen LogP contribution in [0.3, 0.4) is 0 Å². The van der Waals surface area contributed by atoms with Crippen molar-refractivity contribution in [2.75, 3.05) is 20.3 Å². The van der Waals surface area contributed by atoms with E-state index in [-0.39, 0.29) is 13.2 Å². The van der Waals surface area contributed by atoms with Crippen molar-refractivity contribution in [1.29, 1.82) is 0 Å². The van der Waals surface area contributed by atoms with Crippen LogP contribution in [0.2, 0.25) is 0 Å². The highest BCUT2D eigenvalue weighted by molar-refractivity contribution is 9.10. The Balaban J connectivity index is 2.34. The summed E-state index contributed by atoms with van der Waals surface area (Å²) in [6.45, 7) is 0.534. The Labute approximate surface area is 91.8 Å². The molecule has 0 radical (unpaired) electrons. The number of benzene rings is 1. The molecule has 3 nitrogen and oxygen atoms in total. The van der Waals surface area contributed by atoms with Crippen LogP contribution in [-0.4, -0.2) is 31.5 Å². The summed E-state index contributed by atoms with van der Waals surface area (Å²) in [6.07, 6.45) is -0.580. The molecule has 1 aromatic carbocycles. The number of rotatable bonds is 5. The number of aliphatic hydroxyl groups is 1. The van der Waals surface area contributed by atoms with Gasteiger partial charge in [0, 0.05) is 11.6 Å². The molecule has 78 valence electrons. The normalized spacial score (nSPS) is 12.5. The van der Waals surface area contributed by atoms with Gasteiger partial charge in [-0.2, -0.15) is 0 Å². The van der Waals surface area contributed by atoms with Crippen molar-refractivity contribution in [3.05, 3.63) is 28.7 Å². The third-order valence-electron chi connectivity index (χ3n) is 1.62. The Morgan fingerprint density at radius 3 is 2.50 bits per heavy atom. The van der Waals surface area contributed by atoms with Crippen molar-refractivity contribution in [3.8, 4) is 5.75 Å². The van der Waals surface area contributed by atoms with Gasteiger partial charge in [0.05, 0.1) is 6.61 Å². The lowest BCUT2D eigenvalue weighted by Gasteiger charge is -2.11. The van der Waals surface area contributed by atoms with Gasteiger partial charge in [0.25, 0.3) is 0 Å². The second kappa shape index (κ2) is 6.01. The fraction of sp³-hybridized carbons (Fsp3) is 0.400. The van der Waals surface area contributed by atoms with Crippen LogP contribution < -0.4 is 4.74 Å². The zero-order chi connectivity index (χ0) is 10.4. The van der Waals surface area contributed by atoms with Gasteiger partial charge in [-0.25, -0.2) is 0 Å². The molecule has 0 aliphatic heterocycles. The van der Waals surface area contributed by atoms with Gasteiger partial charge >= 0.3 is 0 Å². The summed E-state index contributed by atoms with van der Waals surface area (Å²) in [7, 11) is 1.54. The summed E-state index contributed by atoms with van der Waals surface area (Å²) in [5, 5.41) is 9.31. The molecule has 14 heavy (non-hydrogen) atoms. The third kappa shape index (κ3) is 4.09. The minimum absolute atomic E-state index is 0.246. The summed E-state index contributed by atoms with van der Waals surface area (Å²) >= 11 is 3.33. The second-order valence-corrected chi connectivity index (χ2v) is 3.79. The lowest BCUT2D eigenvalue weighted by atomic mass is 10.3. The zero-order valence-corrected chi connectivity index (χ0v) is 9.53. The predicted molar refractivity (Wildman–Crippen MR) is 57.5 cm³/mol. The van der Waals surface area contributed by atoms with E-state index in [1.165, 1.54) is 0 Å². The maximum absolute atomic E-state index is 9.31. The molecular formula is C10H13BrO3. The number of halogens is 1. The number of methoxy groups -OCH3 is 1. The first-order valence-electron chi connectivity index (χ1n) is 4.27. The summed E-state index contributed by atoms with van der Waals surface area (Å²) in [6, 6.07) is 7.45. The largest absolute Gasteiger partial charge is 0.491 e. The molecule has 1 aromatic rings. The van der Waals surface area contributed by atoms with Crippen molar-refractivity contribution in [3.63, 3.8) is 0 Å². The number of aliphatic hydroxyl groups excluding tert-OH is 1. The highest BCUT2D eigenvalue weighted by Gasteiger charge is 2.03. The smallest absolute Gasteiger partial charge is 0.119 e. The van der Waals surface area contributed by atoms with Crippen molar-refractivity contribution in [2.24, 2.45) is 0 Å². The van der Waals surface area contributed by atoms with E-state index in [9.17, 15) is 5.11 Å². The molecule has 0 heterocycles. The molecule has 1 atom stereocenters. The minimum atomic E-state index is -0.580. The molecule has 4 heteroatoms. The maximum atomic E-state index is 9.31. The lowest BCUT2D eigenvalue weighted by Crippen LogP contribution is -2.22. The van der Waals surface area contributed by atoms with E-state index in [1.54, 1.807) is 7.11 Å². The molecule has 0 saturated heterocycles. The first-order chi connectivity index (χ1) is 6.72. The molecule has 1 rings (SSSR count). The Morgan fingerprint density at radius 1 is 1.29 bits per heavy atom. The van der Waals surface area contributed by atoms with Crippen LogP contribution in [0.25, 0.3) is 0 Å². The van der Waals surface area contributed by atoms with Crippen LogP contribution in [0.4, 0.5) is 0 Å². The fourth-order valence-corrected chi connectivity index (χ4v) is 1.23. The Bertz CT molecular complexity index is 261. The van der Waals surface area contributed by atoms with Crippen LogP contribution in [0, 0.1) is 0 Å². The monoisotopic (exact) mass is 260 g/mol. The zero-order valence-electron chi connectivity index (χ0n) is 7.94. The van der Waals surface area contributed by atoms with Crippen molar-refractivity contribution >= 4 is 15.9 Å². The molecule has 0 fully saturated rings. The Morgan fingerprint density at radius 2 is 1.93 bits per heavy atom. The van der Waals surface area contributed by atoms with E-state index in [1.807, 2.05) is 24.3 Å². The minimum Gasteiger partial charge on any atom is -0.491 e. The highest BCUT2D eigenvalue weighted by Crippen LogP contribution is 2.16. The molecule has 0 saturated carbocycles. The van der Waals surface area contributed by atoms with Crippen molar-refractivity contribution < 1.29 is 14.6 Å². The van der Waals surface area contributed by atoms with Crippen LogP contribution >= 0.6 is 15.9 Å². The summed E-state index contributed by atoms with van der Waals surface area (Å²) in [5.74, 6) is 0.739. The topological polar surface area (TPSA) is 38.7 Å². The quantitative estimate of drug-likeness (QED) is 0.878. The summed E-state index contributed by atoms with van der Waals surface area (Å²) in [4.78, 5) is 0. The molecule has 0 bridgehead atoms. The van der Waals surface area contributed by atoms with Crippen LogP contribution in [-0.2, 0) is 4.74 Å². The molecule has 0 aliphatic carbocycles. The average molecular weight is 261 g/mol. The van der Waals surface area contributed by atoms with E-state index in [0.29, 0.717) is 0 Å². The predicted octanol–water partition coefficient (Wildman–Crippen LogP) is 1.84. The van der Waals surface area contributed by atoms with E-state index >= 15 is 0 Å². The van der Waals surface area contributed by atoms with Gasteiger partial charge in [0.2, 0.25) is 0 Å². The fourth-order valence-electron chi connectivity index (χ4n) is 0.964. The van der Waals surface area contributed by atoms with Gasteiger partial charge in [-0.05, 0) is 24.3 Å². The molecule has 1 N–H and O–H groups in total. The van der Waals surface area contributed by atoms with Crippen LogP contribution in [0.5, 0.6) is 5.75 Å². The van der Waals surface area contributed by atoms with Crippen molar-refractivity contribution in [1.82, 2.24) is 0 Å². The number of ether oxygens (including phenoxy) is 2. The molecular weight excluding hydrogens is 248 g/mol. The second-order valence-electron chi connectivity index (χ2n) is 2.87. The third-order valence-corrected chi connectivity index (χ3v) is 2.14. The SMILES string of the molecule is COCC(O)COc1ccc(Br)cc1. The summed E-state index contributed by atoms with van der Waals surface area (Å²) in [5.41, 5.74) is 0. The van der Waals surface area contributed by atoms with E-state index in [4.69, 9.17) is 9.47 Å². The molecule has 0 aromatic heterocycles. The molecule has 0 amide bonds. The first-order valence-corrected chi connectivity index (χ1v) is 5.07. The standard InChI is InChI=1S/C10H13BrO3/c1-13-6-9(12)7-14-10-4-2-8(11)3-5-10/h2-5,9,12H,6-7H2,1H3. The lowest BCUT2D eigenvalue weighted by molar-refractivity contribution is 0.0325. The van der Waals surface area contributed by atoms with Gasteiger partial charge in [-0.3, -0.25) is 0 Å². The Kier molecular flexibility index (Phi) is 4.93. The van der Waals surface area contributed by atoms with Crippen LogP contribution in [0.15, 0.2) is 28.7 Å². The molecule has 0 aliphatic rings. The van der Waals surface area contributed by atoms with E-state index in [0.717, 1.165) is 10.2 Å².